The molecule has 0 aliphatic carbocycles. The van der Waals surface area contributed by atoms with Crippen LogP contribution in [0.1, 0.15) is 28.8 Å². The fourth-order valence-electron chi connectivity index (χ4n) is 3.35. The van der Waals surface area contributed by atoms with E-state index in [4.69, 9.17) is 9.15 Å². The Morgan fingerprint density at radius 2 is 1.86 bits per heavy atom. The SMILES string of the molecule is Cc1cc(=O)oc2cc(NC(=O)c3cccc(NC(=O)C4CCCO4)c3)ccc12. The van der Waals surface area contributed by atoms with Crippen molar-refractivity contribution in [2.45, 2.75) is 25.9 Å². The summed E-state index contributed by atoms with van der Waals surface area (Å²) in [5, 5.41) is 6.38. The van der Waals surface area contributed by atoms with E-state index in [2.05, 4.69) is 10.6 Å². The van der Waals surface area contributed by atoms with Gasteiger partial charge in [0, 0.05) is 41.1 Å². The van der Waals surface area contributed by atoms with Crippen molar-refractivity contribution in [1.29, 1.82) is 0 Å². The van der Waals surface area contributed by atoms with E-state index >= 15 is 0 Å². The van der Waals surface area contributed by atoms with E-state index in [1.807, 2.05) is 6.92 Å². The van der Waals surface area contributed by atoms with Gasteiger partial charge in [-0.05, 0) is 55.7 Å². The van der Waals surface area contributed by atoms with Crippen LogP contribution in [0.25, 0.3) is 11.0 Å². The molecule has 7 heteroatoms. The Labute approximate surface area is 166 Å². The van der Waals surface area contributed by atoms with Crippen molar-refractivity contribution in [2.24, 2.45) is 0 Å². The molecule has 1 aliphatic rings. The third-order valence-corrected chi connectivity index (χ3v) is 4.82. The first-order valence-corrected chi connectivity index (χ1v) is 9.38. The number of carbonyl (C=O) groups is 2. The van der Waals surface area contributed by atoms with Crippen LogP contribution in [0, 0.1) is 6.92 Å². The number of carbonyl (C=O) groups excluding carboxylic acids is 2. The molecule has 2 aromatic carbocycles. The largest absolute Gasteiger partial charge is 0.423 e. The predicted octanol–water partition coefficient (Wildman–Crippen LogP) is 3.47. The maximum atomic E-state index is 12.6. The Morgan fingerprint density at radius 3 is 2.66 bits per heavy atom. The van der Waals surface area contributed by atoms with Gasteiger partial charge in [0.1, 0.15) is 11.7 Å². The minimum Gasteiger partial charge on any atom is -0.423 e. The van der Waals surface area contributed by atoms with Crippen molar-refractivity contribution in [3.8, 4) is 0 Å². The van der Waals surface area contributed by atoms with Crippen LogP contribution < -0.4 is 16.3 Å². The van der Waals surface area contributed by atoms with Crippen LogP contribution in [-0.4, -0.2) is 24.5 Å². The summed E-state index contributed by atoms with van der Waals surface area (Å²) in [6.07, 6.45) is 1.12. The first kappa shape index (κ1) is 18.9. The van der Waals surface area contributed by atoms with Gasteiger partial charge in [-0.3, -0.25) is 9.59 Å². The summed E-state index contributed by atoms with van der Waals surface area (Å²) in [4.78, 5) is 36.4. The summed E-state index contributed by atoms with van der Waals surface area (Å²) in [6, 6.07) is 13.3. The Bertz CT molecular complexity index is 1150. The number of hydrogen-bond acceptors (Lipinski definition) is 5. The molecule has 4 rings (SSSR count). The minimum atomic E-state index is -0.441. The van der Waals surface area contributed by atoms with Gasteiger partial charge in [0.15, 0.2) is 0 Å². The fraction of sp³-hybridized carbons (Fsp3) is 0.227. The van der Waals surface area contributed by atoms with Crippen LogP contribution in [0.3, 0.4) is 0 Å². The topological polar surface area (TPSA) is 97.6 Å². The summed E-state index contributed by atoms with van der Waals surface area (Å²) in [6.45, 7) is 2.42. The second-order valence-electron chi connectivity index (χ2n) is 6.99. The van der Waals surface area contributed by atoms with E-state index in [0.29, 0.717) is 35.5 Å². The second-order valence-corrected chi connectivity index (χ2v) is 6.99. The highest BCUT2D eigenvalue weighted by Crippen LogP contribution is 2.22. The molecule has 0 spiro atoms. The number of ether oxygens (including phenoxy) is 1. The van der Waals surface area contributed by atoms with Crippen molar-refractivity contribution in [2.75, 3.05) is 17.2 Å². The minimum absolute atomic E-state index is 0.208. The molecule has 1 aromatic heterocycles. The van der Waals surface area contributed by atoms with Crippen LogP contribution in [0.2, 0.25) is 0 Å². The van der Waals surface area contributed by atoms with Gasteiger partial charge in [-0.2, -0.15) is 0 Å². The third-order valence-electron chi connectivity index (χ3n) is 4.82. The Morgan fingerprint density at radius 1 is 1.03 bits per heavy atom. The lowest BCUT2D eigenvalue weighted by molar-refractivity contribution is -0.124. The first-order valence-electron chi connectivity index (χ1n) is 9.38. The number of hydrogen-bond donors (Lipinski definition) is 2. The van der Waals surface area contributed by atoms with E-state index < -0.39 is 11.7 Å². The molecule has 148 valence electrons. The van der Waals surface area contributed by atoms with E-state index in [0.717, 1.165) is 17.4 Å². The number of anilines is 2. The van der Waals surface area contributed by atoms with E-state index in [-0.39, 0.29) is 11.8 Å². The molecule has 7 nitrogen and oxygen atoms in total. The molecule has 29 heavy (non-hydrogen) atoms. The van der Waals surface area contributed by atoms with Crippen molar-refractivity contribution < 1.29 is 18.7 Å². The Hall–Kier alpha value is -3.45. The zero-order valence-electron chi connectivity index (χ0n) is 15.9. The van der Waals surface area contributed by atoms with Crippen LogP contribution in [0.15, 0.2) is 57.7 Å². The molecule has 1 atom stereocenters. The first-order chi connectivity index (χ1) is 14.0. The van der Waals surface area contributed by atoms with Gasteiger partial charge < -0.3 is 19.8 Å². The fourth-order valence-corrected chi connectivity index (χ4v) is 3.35. The number of benzene rings is 2. The van der Waals surface area contributed by atoms with Crippen LogP contribution >= 0.6 is 0 Å². The highest BCUT2D eigenvalue weighted by molar-refractivity contribution is 6.06. The Balaban J connectivity index is 1.50. The number of nitrogens with one attached hydrogen (secondary N) is 2. The molecule has 2 N–H and O–H groups in total. The monoisotopic (exact) mass is 392 g/mol. The summed E-state index contributed by atoms with van der Waals surface area (Å²) < 4.78 is 10.6. The third kappa shape index (κ3) is 4.20. The molecule has 0 saturated carbocycles. The smallest absolute Gasteiger partial charge is 0.336 e. The number of fused-ring (bicyclic) bond motifs is 1. The van der Waals surface area contributed by atoms with Crippen LogP contribution in [0.5, 0.6) is 0 Å². The van der Waals surface area contributed by atoms with Gasteiger partial charge in [-0.1, -0.05) is 6.07 Å². The highest BCUT2D eigenvalue weighted by atomic mass is 16.5. The van der Waals surface area contributed by atoms with Crippen LogP contribution in [-0.2, 0) is 9.53 Å². The normalized spacial score (nSPS) is 16.0. The lowest BCUT2D eigenvalue weighted by atomic mass is 10.1. The molecule has 1 fully saturated rings. The van der Waals surface area contributed by atoms with Crippen molar-refractivity contribution >= 4 is 34.2 Å². The lowest BCUT2D eigenvalue weighted by Gasteiger charge is -2.12. The van der Waals surface area contributed by atoms with Gasteiger partial charge in [0.05, 0.1) is 0 Å². The molecule has 3 aromatic rings. The molecule has 2 amide bonds. The molecule has 1 unspecified atom stereocenters. The van der Waals surface area contributed by atoms with Crippen molar-refractivity contribution in [3.05, 3.63) is 70.1 Å². The highest BCUT2D eigenvalue weighted by Gasteiger charge is 2.23. The molecule has 1 saturated heterocycles. The summed E-state index contributed by atoms with van der Waals surface area (Å²) in [7, 11) is 0. The second kappa shape index (κ2) is 7.89. The average molecular weight is 392 g/mol. The number of rotatable bonds is 4. The summed E-state index contributed by atoms with van der Waals surface area (Å²) >= 11 is 0. The van der Waals surface area contributed by atoms with Gasteiger partial charge in [0.2, 0.25) is 0 Å². The van der Waals surface area contributed by atoms with Crippen molar-refractivity contribution in [3.63, 3.8) is 0 Å². The van der Waals surface area contributed by atoms with E-state index in [1.165, 1.54) is 6.07 Å². The summed E-state index contributed by atoms with van der Waals surface area (Å²) in [5.41, 5.74) is 2.20. The lowest BCUT2D eigenvalue weighted by Crippen LogP contribution is -2.27. The van der Waals surface area contributed by atoms with Crippen LogP contribution in [0.4, 0.5) is 11.4 Å². The quantitative estimate of drug-likeness (QED) is 0.663. The number of aryl methyl sites for hydroxylation is 1. The van der Waals surface area contributed by atoms with Gasteiger partial charge in [0.25, 0.3) is 11.8 Å². The van der Waals surface area contributed by atoms with Gasteiger partial charge >= 0.3 is 5.63 Å². The Kier molecular flexibility index (Phi) is 5.14. The maximum absolute atomic E-state index is 12.6. The molecule has 0 radical (unpaired) electrons. The zero-order chi connectivity index (χ0) is 20.4. The van der Waals surface area contributed by atoms with E-state index in [9.17, 15) is 14.4 Å². The van der Waals surface area contributed by atoms with Crippen molar-refractivity contribution in [1.82, 2.24) is 0 Å². The molecular formula is C22H20N2O5. The molecule has 0 bridgehead atoms. The molecular weight excluding hydrogens is 372 g/mol. The molecule has 2 heterocycles. The standard InChI is InChI=1S/C22H20N2O5/c1-13-10-20(25)29-19-12-16(7-8-17(13)19)23-21(26)14-4-2-5-15(11-14)24-22(27)18-6-3-9-28-18/h2,4-5,7-8,10-12,18H,3,6,9H2,1H3,(H,23,26)(H,24,27). The maximum Gasteiger partial charge on any atom is 0.336 e. The average Bonchev–Trinajstić information content (AvgIpc) is 3.23. The van der Waals surface area contributed by atoms with Gasteiger partial charge in [-0.25, -0.2) is 4.79 Å². The number of amides is 2. The molecule has 1 aliphatic heterocycles. The predicted molar refractivity (Wildman–Crippen MR) is 109 cm³/mol. The van der Waals surface area contributed by atoms with Gasteiger partial charge in [-0.15, -0.1) is 0 Å². The summed E-state index contributed by atoms with van der Waals surface area (Å²) in [5.74, 6) is -0.549. The van der Waals surface area contributed by atoms with E-state index in [1.54, 1.807) is 42.5 Å². The zero-order valence-corrected chi connectivity index (χ0v) is 15.9.